The first-order chi connectivity index (χ1) is 10.7. The van der Waals surface area contributed by atoms with Crippen molar-refractivity contribution in [3.63, 3.8) is 0 Å². The van der Waals surface area contributed by atoms with Gasteiger partial charge in [-0.15, -0.1) is 11.3 Å². The van der Waals surface area contributed by atoms with Gasteiger partial charge in [0.25, 0.3) is 0 Å². The van der Waals surface area contributed by atoms with Crippen molar-refractivity contribution >= 4 is 22.2 Å². The molecule has 0 amide bonds. The summed E-state index contributed by atoms with van der Waals surface area (Å²) in [5.74, 6) is 0. The molecule has 0 unspecified atom stereocenters. The molecule has 5 heteroatoms. The lowest BCUT2D eigenvalue weighted by Gasteiger charge is -2.00. The molecule has 0 saturated heterocycles. The van der Waals surface area contributed by atoms with E-state index in [0.29, 0.717) is 0 Å². The molecule has 1 aromatic carbocycles. The molecule has 2 aromatic heterocycles. The summed E-state index contributed by atoms with van der Waals surface area (Å²) in [5, 5.41) is 7.17. The van der Waals surface area contributed by atoms with Gasteiger partial charge in [0.2, 0.25) is 5.13 Å². The molecular weight excluding hydrogens is 292 g/mol. The van der Waals surface area contributed by atoms with Crippen LogP contribution in [0.15, 0.2) is 59.3 Å². The first-order valence-electron chi connectivity index (χ1n) is 6.95. The van der Waals surface area contributed by atoms with Gasteiger partial charge in [0.1, 0.15) is 0 Å². The monoisotopic (exact) mass is 308 g/mol. The van der Waals surface area contributed by atoms with E-state index < -0.39 is 0 Å². The highest BCUT2D eigenvalue weighted by molar-refractivity contribution is 7.14. The summed E-state index contributed by atoms with van der Waals surface area (Å²) in [7, 11) is 0. The van der Waals surface area contributed by atoms with E-state index in [9.17, 15) is 0 Å². The topological polar surface area (TPSA) is 50.2 Å². The first kappa shape index (κ1) is 14.4. The molecule has 4 nitrogen and oxygen atoms in total. The second kappa shape index (κ2) is 6.49. The predicted molar refractivity (Wildman–Crippen MR) is 92.4 cm³/mol. The van der Waals surface area contributed by atoms with Crippen LogP contribution in [0.25, 0.3) is 11.3 Å². The maximum Gasteiger partial charge on any atom is 0.203 e. The summed E-state index contributed by atoms with van der Waals surface area (Å²) in [6.45, 7) is 4.02. The van der Waals surface area contributed by atoms with Crippen molar-refractivity contribution in [3.05, 3.63) is 65.3 Å². The molecule has 22 heavy (non-hydrogen) atoms. The zero-order valence-electron chi connectivity index (χ0n) is 12.4. The largest absolute Gasteiger partial charge is 0.264 e. The third-order valence-electron chi connectivity index (χ3n) is 3.25. The van der Waals surface area contributed by atoms with Crippen LogP contribution in [0.3, 0.4) is 0 Å². The maximum atomic E-state index is 4.56. The summed E-state index contributed by atoms with van der Waals surface area (Å²) in [6, 6.07) is 12.2. The van der Waals surface area contributed by atoms with E-state index in [1.54, 1.807) is 23.7 Å². The molecule has 3 aromatic rings. The zero-order chi connectivity index (χ0) is 15.4. The fraction of sp³-hybridized carbons (Fsp3) is 0.118. The normalized spacial score (nSPS) is 11.5. The van der Waals surface area contributed by atoms with Crippen LogP contribution < -0.4 is 5.43 Å². The average Bonchev–Trinajstić information content (AvgIpc) is 3.03. The van der Waals surface area contributed by atoms with Gasteiger partial charge in [0.15, 0.2) is 0 Å². The fourth-order valence-corrected chi connectivity index (χ4v) is 2.62. The molecule has 0 saturated carbocycles. The summed E-state index contributed by atoms with van der Waals surface area (Å²) in [5.41, 5.74) is 8.20. The summed E-state index contributed by atoms with van der Waals surface area (Å²) in [6.07, 6.45) is 3.54. The number of hydrazone groups is 1. The Morgan fingerprint density at radius 3 is 2.73 bits per heavy atom. The number of anilines is 1. The standard InChI is InChI=1S/C17H16N4S/c1-12-5-7-14(8-6-12)16-11-22-17(19-16)21-20-13(2)15-4-3-9-18-10-15/h3-11H,1-2H3,(H,19,21)/b20-13+. The number of rotatable bonds is 4. The SMILES string of the molecule is C/C(=N\Nc1nc(-c2ccc(C)cc2)cs1)c1cccnc1. The number of pyridine rings is 1. The van der Waals surface area contributed by atoms with Crippen LogP contribution in [-0.2, 0) is 0 Å². The van der Waals surface area contributed by atoms with Crippen LogP contribution in [0.4, 0.5) is 5.13 Å². The molecule has 0 bridgehead atoms. The molecular formula is C17H16N4S. The van der Waals surface area contributed by atoms with Crippen molar-refractivity contribution in [1.29, 1.82) is 0 Å². The molecule has 0 radical (unpaired) electrons. The number of aryl methyl sites for hydroxylation is 1. The van der Waals surface area contributed by atoms with Gasteiger partial charge in [-0.1, -0.05) is 35.9 Å². The lowest BCUT2D eigenvalue weighted by molar-refractivity contribution is 1.26. The van der Waals surface area contributed by atoms with Crippen molar-refractivity contribution in [1.82, 2.24) is 9.97 Å². The predicted octanol–water partition coefficient (Wildman–Crippen LogP) is 4.35. The number of nitrogens with one attached hydrogen (secondary N) is 1. The van der Waals surface area contributed by atoms with Crippen LogP contribution in [0.5, 0.6) is 0 Å². The van der Waals surface area contributed by atoms with Crippen molar-refractivity contribution < 1.29 is 0 Å². The molecule has 0 fully saturated rings. The molecule has 0 aliphatic rings. The third kappa shape index (κ3) is 3.38. The van der Waals surface area contributed by atoms with E-state index in [1.807, 2.05) is 24.4 Å². The number of nitrogens with zero attached hydrogens (tertiary/aromatic N) is 3. The summed E-state index contributed by atoms with van der Waals surface area (Å²) >= 11 is 1.54. The Labute approximate surface area is 133 Å². The van der Waals surface area contributed by atoms with E-state index in [0.717, 1.165) is 27.7 Å². The van der Waals surface area contributed by atoms with Gasteiger partial charge in [-0.2, -0.15) is 5.10 Å². The van der Waals surface area contributed by atoms with Gasteiger partial charge in [-0.25, -0.2) is 4.98 Å². The van der Waals surface area contributed by atoms with Gasteiger partial charge in [0, 0.05) is 28.9 Å². The highest BCUT2D eigenvalue weighted by Crippen LogP contribution is 2.25. The minimum absolute atomic E-state index is 0.777. The molecule has 2 heterocycles. The van der Waals surface area contributed by atoms with E-state index in [1.165, 1.54) is 5.56 Å². The number of benzene rings is 1. The molecule has 110 valence electrons. The lowest BCUT2D eigenvalue weighted by atomic mass is 10.1. The molecule has 1 N–H and O–H groups in total. The van der Waals surface area contributed by atoms with E-state index in [-0.39, 0.29) is 0 Å². The maximum absolute atomic E-state index is 4.56. The first-order valence-corrected chi connectivity index (χ1v) is 7.83. The molecule has 0 spiro atoms. The Bertz CT molecular complexity index is 776. The molecule has 0 aliphatic carbocycles. The Hall–Kier alpha value is -2.53. The Balaban J connectivity index is 1.73. The van der Waals surface area contributed by atoms with Crippen LogP contribution in [0, 0.1) is 6.92 Å². The Morgan fingerprint density at radius 1 is 1.18 bits per heavy atom. The number of hydrogen-bond acceptors (Lipinski definition) is 5. The van der Waals surface area contributed by atoms with E-state index in [4.69, 9.17) is 0 Å². The molecule has 0 aliphatic heterocycles. The van der Waals surface area contributed by atoms with Crippen molar-refractivity contribution in [3.8, 4) is 11.3 Å². The molecule has 3 rings (SSSR count). The average molecular weight is 308 g/mol. The highest BCUT2D eigenvalue weighted by atomic mass is 32.1. The van der Waals surface area contributed by atoms with Crippen LogP contribution in [0.1, 0.15) is 18.1 Å². The van der Waals surface area contributed by atoms with Gasteiger partial charge < -0.3 is 0 Å². The number of hydrogen-bond donors (Lipinski definition) is 1. The van der Waals surface area contributed by atoms with Crippen LogP contribution in [0.2, 0.25) is 0 Å². The summed E-state index contributed by atoms with van der Waals surface area (Å²) in [4.78, 5) is 8.65. The van der Waals surface area contributed by atoms with Crippen molar-refractivity contribution in [2.45, 2.75) is 13.8 Å². The van der Waals surface area contributed by atoms with E-state index >= 15 is 0 Å². The van der Waals surface area contributed by atoms with Crippen LogP contribution >= 0.6 is 11.3 Å². The fourth-order valence-electron chi connectivity index (χ4n) is 1.96. The third-order valence-corrected chi connectivity index (χ3v) is 4.00. The minimum Gasteiger partial charge on any atom is -0.264 e. The van der Waals surface area contributed by atoms with Gasteiger partial charge >= 0.3 is 0 Å². The van der Waals surface area contributed by atoms with Crippen molar-refractivity contribution in [2.24, 2.45) is 5.10 Å². The second-order valence-electron chi connectivity index (χ2n) is 4.95. The zero-order valence-corrected chi connectivity index (χ0v) is 13.3. The minimum atomic E-state index is 0.777. The van der Waals surface area contributed by atoms with E-state index in [2.05, 4.69) is 51.7 Å². The number of thiazole rings is 1. The van der Waals surface area contributed by atoms with Gasteiger partial charge in [-0.05, 0) is 19.9 Å². The lowest BCUT2D eigenvalue weighted by Crippen LogP contribution is -1.99. The second-order valence-corrected chi connectivity index (χ2v) is 5.81. The highest BCUT2D eigenvalue weighted by Gasteiger charge is 2.04. The summed E-state index contributed by atoms with van der Waals surface area (Å²) < 4.78 is 0. The molecule has 0 atom stereocenters. The van der Waals surface area contributed by atoms with Gasteiger partial charge in [0.05, 0.1) is 11.4 Å². The van der Waals surface area contributed by atoms with Gasteiger partial charge in [-0.3, -0.25) is 10.4 Å². The Kier molecular flexibility index (Phi) is 4.25. The number of aromatic nitrogens is 2. The smallest absolute Gasteiger partial charge is 0.203 e. The van der Waals surface area contributed by atoms with Crippen LogP contribution in [-0.4, -0.2) is 15.7 Å². The Morgan fingerprint density at radius 2 is 2.00 bits per heavy atom. The van der Waals surface area contributed by atoms with Crippen molar-refractivity contribution in [2.75, 3.05) is 5.43 Å². The quantitative estimate of drug-likeness (QED) is 0.576.